The highest BCUT2D eigenvalue weighted by Gasteiger charge is 2.46. The first-order valence-electron chi connectivity index (χ1n) is 9.39. The van der Waals surface area contributed by atoms with Gasteiger partial charge in [-0.05, 0) is 12.3 Å². The van der Waals surface area contributed by atoms with Crippen LogP contribution in [0.1, 0.15) is 74.8 Å². The first-order chi connectivity index (χ1) is 13.8. The number of ether oxygens (including phenoxy) is 1. The summed E-state index contributed by atoms with van der Waals surface area (Å²) in [5, 5.41) is 32.7. The number of aliphatic hydroxyl groups is 1. The largest absolute Gasteiger partial charge is 0.507 e. The number of fused-ring (bicyclic) bond motifs is 3. The fourth-order valence-corrected chi connectivity index (χ4v) is 4.62. The van der Waals surface area contributed by atoms with Crippen molar-refractivity contribution in [2.45, 2.75) is 31.8 Å². The second kappa shape index (κ2) is 6.70. The Bertz CT molecular complexity index is 1070. The summed E-state index contributed by atoms with van der Waals surface area (Å²) in [6.07, 6.45) is -0.552. The van der Waals surface area contributed by atoms with Crippen molar-refractivity contribution in [3.05, 3.63) is 57.6 Å². The van der Waals surface area contributed by atoms with E-state index < -0.39 is 41.1 Å². The molecule has 2 aromatic carbocycles. The highest BCUT2D eigenvalue weighted by Crippen LogP contribution is 2.54. The van der Waals surface area contributed by atoms with Crippen LogP contribution >= 0.6 is 0 Å². The first-order valence-corrected chi connectivity index (χ1v) is 9.39. The quantitative estimate of drug-likeness (QED) is 0.450. The van der Waals surface area contributed by atoms with Crippen molar-refractivity contribution in [3.8, 4) is 11.5 Å². The second-order valence-corrected chi connectivity index (χ2v) is 7.40. The molecule has 2 aliphatic rings. The van der Waals surface area contributed by atoms with Gasteiger partial charge >= 0.3 is 5.97 Å². The normalized spacial score (nSPS) is 22.5. The summed E-state index contributed by atoms with van der Waals surface area (Å²) in [5.41, 5.74) is -0.606. The first kappa shape index (κ1) is 19.1. The van der Waals surface area contributed by atoms with Crippen molar-refractivity contribution in [1.82, 2.24) is 0 Å². The molecule has 29 heavy (non-hydrogen) atoms. The highest BCUT2D eigenvalue weighted by atomic mass is 16.5. The predicted octanol–water partition coefficient (Wildman–Crippen LogP) is 2.59. The van der Waals surface area contributed by atoms with Gasteiger partial charge < -0.3 is 20.1 Å². The average molecular weight is 396 g/mol. The zero-order valence-corrected chi connectivity index (χ0v) is 15.9. The Balaban J connectivity index is 2.08. The second-order valence-electron chi connectivity index (χ2n) is 7.40. The van der Waals surface area contributed by atoms with Crippen molar-refractivity contribution in [1.29, 1.82) is 0 Å². The maximum atomic E-state index is 13.1. The lowest BCUT2D eigenvalue weighted by Crippen LogP contribution is -2.32. The Morgan fingerprint density at radius 2 is 1.55 bits per heavy atom. The van der Waals surface area contributed by atoms with Crippen LogP contribution in [0.3, 0.4) is 0 Å². The average Bonchev–Trinajstić information content (AvgIpc) is 2.73. The molecular formula is C22H20O7. The molecule has 3 N–H and O–H groups in total. The maximum absolute atomic E-state index is 13.1. The summed E-state index contributed by atoms with van der Waals surface area (Å²) in [4.78, 5) is 38.6. The monoisotopic (exact) mass is 396 g/mol. The number of methoxy groups -OCH3 is 1. The summed E-state index contributed by atoms with van der Waals surface area (Å²) in [6.45, 7) is 1.83. The van der Waals surface area contributed by atoms with Crippen molar-refractivity contribution in [2.24, 2.45) is 5.92 Å². The van der Waals surface area contributed by atoms with Gasteiger partial charge in [-0.15, -0.1) is 0 Å². The van der Waals surface area contributed by atoms with E-state index in [1.807, 2.05) is 6.92 Å². The molecule has 0 spiro atoms. The minimum atomic E-state index is -1.20. The van der Waals surface area contributed by atoms with Gasteiger partial charge in [-0.1, -0.05) is 37.6 Å². The lowest BCUT2D eigenvalue weighted by Gasteiger charge is -2.36. The van der Waals surface area contributed by atoms with Crippen molar-refractivity contribution in [2.75, 3.05) is 7.11 Å². The molecule has 0 fully saturated rings. The van der Waals surface area contributed by atoms with Gasteiger partial charge in [0.1, 0.15) is 11.5 Å². The predicted molar refractivity (Wildman–Crippen MR) is 101 cm³/mol. The SMILES string of the molecule is CCC1C[C@H](O)c2c(O)c3c(c(O)c2C1C(=O)OC)C(=O)c1ccccc1C3=O. The molecule has 7 heteroatoms. The molecule has 0 saturated heterocycles. The molecule has 4 rings (SSSR count). The summed E-state index contributed by atoms with van der Waals surface area (Å²) in [5.74, 6) is -4.36. The Hall–Kier alpha value is -3.19. The van der Waals surface area contributed by atoms with E-state index in [4.69, 9.17) is 4.74 Å². The number of rotatable bonds is 2. The third-order valence-corrected chi connectivity index (χ3v) is 6.02. The van der Waals surface area contributed by atoms with Crippen LogP contribution in [0, 0.1) is 5.92 Å². The molecule has 0 saturated carbocycles. The molecule has 2 unspecified atom stereocenters. The van der Waals surface area contributed by atoms with Crippen LogP contribution in [0.4, 0.5) is 0 Å². The van der Waals surface area contributed by atoms with Crippen LogP contribution in [-0.2, 0) is 9.53 Å². The van der Waals surface area contributed by atoms with Gasteiger partial charge in [-0.2, -0.15) is 0 Å². The summed E-state index contributed by atoms with van der Waals surface area (Å²) in [6, 6.07) is 6.13. The Labute approximate surface area is 166 Å². The number of carbonyl (C=O) groups excluding carboxylic acids is 3. The standard InChI is InChI=1S/C22H20O7/c1-3-9-8-12(23)14-15(13(9)22(28)29-2)21(27)17-16(20(14)26)18(24)10-6-4-5-7-11(10)19(17)25/h4-7,9,12-13,23,26-27H,3,8H2,1-2H3/t9?,12-,13?/m0/s1. The molecule has 3 atom stereocenters. The summed E-state index contributed by atoms with van der Waals surface area (Å²) >= 11 is 0. The summed E-state index contributed by atoms with van der Waals surface area (Å²) in [7, 11) is 1.21. The Morgan fingerprint density at radius 3 is 2.03 bits per heavy atom. The molecule has 0 heterocycles. The van der Waals surface area contributed by atoms with Gasteiger partial charge in [-0.25, -0.2) is 0 Å². The fourth-order valence-electron chi connectivity index (χ4n) is 4.62. The molecule has 0 bridgehead atoms. The maximum Gasteiger partial charge on any atom is 0.313 e. The Morgan fingerprint density at radius 1 is 1.03 bits per heavy atom. The minimum absolute atomic E-state index is 0.0424. The molecular weight excluding hydrogens is 376 g/mol. The number of phenols is 2. The van der Waals surface area contributed by atoms with E-state index in [1.54, 1.807) is 12.1 Å². The number of aliphatic hydroxyl groups excluding tert-OH is 1. The van der Waals surface area contributed by atoms with Crippen molar-refractivity contribution >= 4 is 17.5 Å². The number of phenolic OH excluding ortho intramolecular Hbond substituents is 2. The van der Waals surface area contributed by atoms with Gasteiger partial charge in [0.15, 0.2) is 11.6 Å². The van der Waals surface area contributed by atoms with E-state index in [-0.39, 0.29) is 45.7 Å². The molecule has 0 aliphatic heterocycles. The smallest absolute Gasteiger partial charge is 0.313 e. The third-order valence-electron chi connectivity index (χ3n) is 6.02. The minimum Gasteiger partial charge on any atom is -0.507 e. The van der Waals surface area contributed by atoms with E-state index in [2.05, 4.69) is 0 Å². The Kier molecular flexibility index (Phi) is 4.42. The molecule has 0 aromatic heterocycles. The zero-order valence-electron chi connectivity index (χ0n) is 15.9. The van der Waals surface area contributed by atoms with Crippen LogP contribution in [-0.4, -0.2) is 40.0 Å². The number of benzene rings is 2. The number of hydrogen-bond donors (Lipinski definition) is 3. The van der Waals surface area contributed by atoms with E-state index in [9.17, 15) is 29.7 Å². The van der Waals surface area contributed by atoms with Gasteiger partial charge in [0, 0.05) is 22.3 Å². The van der Waals surface area contributed by atoms with E-state index in [1.165, 1.54) is 19.2 Å². The molecule has 150 valence electrons. The number of carbonyl (C=O) groups is 3. The molecule has 7 nitrogen and oxygen atoms in total. The van der Waals surface area contributed by atoms with Crippen LogP contribution in [0.15, 0.2) is 24.3 Å². The van der Waals surface area contributed by atoms with Gasteiger partial charge in [0.2, 0.25) is 0 Å². The van der Waals surface area contributed by atoms with Crippen molar-refractivity contribution < 1.29 is 34.4 Å². The topological polar surface area (TPSA) is 121 Å². The number of aromatic hydroxyl groups is 2. The molecule has 2 aliphatic carbocycles. The highest BCUT2D eigenvalue weighted by molar-refractivity contribution is 6.30. The van der Waals surface area contributed by atoms with Gasteiger partial charge in [0.25, 0.3) is 0 Å². The van der Waals surface area contributed by atoms with Crippen LogP contribution in [0.25, 0.3) is 0 Å². The summed E-state index contributed by atoms with van der Waals surface area (Å²) < 4.78 is 4.89. The third kappa shape index (κ3) is 2.50. The van der Waals surface area contributed by atoms with Crippen molar-refractivity contribution in [3.63, 3.8) is 0 Å². The van der Waals surface area contributed by atoms with Gasteiger partial charge in [0.05, 0.1) is 30.3 Å². The van der Waals surface area contributed by atoms with E-state index in [0.29, 0.717) is 6.42 Å². The molecule has 2 aromatic rings. The number of ketones is 2. The van der Waals surface area contributed by atoms with E-state index >= 15 is 0 Å². The zero-order chi connectivity index (χ0) is 21.0. The fraction of sp³-hybridized carbons (Fsp3) is 0.318. The van der Waals surface area contributed by atoms with Crippen LogP contribution in [0.2, 0.25) is 0 Å². The van der Waals surface area contributed by atoms with Crippen LogP contribution < -0.4 is 0 Å². The lowest BCUT2D eigenvalue weighted by molar-refractivity contribution is -0.144. The molecule has 0 amide bonds. The number of esters is 1. The van der Waals surface area contributed by atoms with Gasteiger partial charge in [-0.3, -0.25) is 14.4 Å². The van der Waals surface area contributed by atoms with E-state index in [0.717, 1.165) is 0 Å². The van der Waals surface area contributed by atoms with Crippen LogP contribution in [0.5, 0.6) is 11.5 Å². The number of hydrogen-bond acceptors (Lipinski definition) is 7. The lowest BCUT2D eigenvalue weighted by atomic mass is 9.69. The molecule has 0 radical (unpaired) electrons.